The number of pyridine rings is 1. The number of carbonyl (C=O) groups is 1. The molecule has 0 bridgehead atoms. The fourth-order valence-corrected chi connectivity index (χ4v) is 2.26. The van der Waals surface area contributed by atoms with E-state index in [1.807, 2.05) is 11.8 Å². The van der Waals surface area contributed by atoms with E-state index in [0.29, 0.717) is 30.6 Å². The number of aromatic carboxylic acids is 1. The zero-order valence-electron chi connectivity index (χ0n) is 9.76. The zero-order chi connectivity index (χ0) is 13.3. The summed E-state index contributed by atoms with van der Waals surface area (Å²) in [4.78, 5) is 17.4. The van der Waals surface area contributed by atoms with Gasteiger partial charge in [-0.05, 0) is 6.92 Å². The van der Waals surface area contributed by atoms with Gasteiger partial charge in [0.05, 0.1) is 29.2 Å². The maximum absolute atomic E-state index is 11.1. The largest absolute Gasteiger partial charge is 0.476 e. The van der Waals surface area contributed by atoms with Gasteiger partial charge < -0.3 is 14.7 Å². The maximum Gasteiger partial charge on any atom is 0.355 e. The predicted octanol–water partition coefficient (Wildman–Crippen LogP) is 1.95. The van der Waals surface area contributed by atoms with Crippen LogP contribution in [0.15, 0.2) is 11.0 Å². The van der Waals surface area contributed by atoms with Gasteiger partial charge in [0.25, 0.3) is 0 Å². The minimum Gasteiger partial charge on any atom is -0.476 e. The molecule has 1 N–H and O–H groups in total. The summed E-state index contributed by atoms with van der Waals surface area (Å²) in [5.74, 6) is -0.587. The molecular formula is C11H13ClN2O3S. The van der Waals surface area contributed by atoms with Crippen molar-refractivity contribution in [3.8, 4) is 0 Å². The van der Waals surface area contributed by atoms with Crippen LogP contribution in [-0.4, -0.2) is 41.9 Å². The number of rotatable bonds is 2. The van der Waals surface area contributed by atoms with Crippen molar-refractivity contribution in [2.24, 2.45) is 0 Å². The Hall–Kier alpha value is -0.980. The number of halogens is 1. The van der Waals surface area contributed by atoms with E-state index in [9.17, 15) is 4.79 Å². The number of nitrogens with zero attached hydrogens (tertiary/aromatic N) is 2. The van der Waals surface area contributed by atoms with E-state index < -0.39 is 5.97 Å². The Balaban J connectivity index is 2.41. The normalized spacial score (nSPS) is 19.9. The standard InChI is InChI=1S/C11H13ClN2O3S/c1-6-5-17-3-2-14(6)8-4-7(12)10(18)9(13-8)11(15)16/h4,6,18H,2-3,5H2,1H3,(H,15,16). The molecule has 1 fully saturated rings. The Morgan fingerprint density at radius 1 is 1.72 bits per heavy atom. The molecule has 0 radical (unpaired) electrons. The molecule has 0 amide bonds. The Morgan fingerprint density at radius 3 is 3.06 bits per heavy atom. The van der Waals surface area contributed by atoms with Gasteiger partial charge in [-0.15, -0.1) is 12.6 Å². The third-order valence-electron chi connectivity index (χ3n) is 2.80. The van der Waals surface area contributed by atoms with Crippen LogP contribution in [0.2, 0.25) is 5.02 Å². The van der Waals surface area contributed by atoms with E-state index in [2.05, 4.69) is 17.6 Å². The van der Waals surface area contributed by atoms with Crippen molar-refractivity contribution in [1.82, 2.24) is 4.98 Å². The SMILES string of the molecule is CC1COCCN1c1cc(Cl)c(S)c(C(=O)O)n1. The average molecular weight is 289 g/mol. The molecule has 0 spiro atoms. The quantitative estimate of drug-likeness (QED) is 0.815. The molecule has 98 valence electrons. The molecule has 1 saturated heterocycles. The van der Waals surface area contributed by atoms with E-state index in [-0.39, 0.29) is 16.6 Å². The number of ether oxygens (including phenoxy) is 1. The maximum atomic E-state index is 11.1. The van der Waals surface area contributed by atoms with Crippen molar-refractivity contribution < 1.29 is 14.6 Å². The van der Waals surface area contributed by atoms with Gasteiger partial charge in [0.15, 0.2) is 5.69 Å². The fraction of sp³-hybridized carbons (Fsp3) is 0.455. The third kappa shape index (κ3) is 2.55. The van der Waals surface area contributed by atoms with Crippen LogP contribution < -0.4 is 4.90 Å². The average Bonchev–Trinajstić information content (AvgIpc) is 2.33. The number of aromatic nitrogens is 1. The highest BCUT2D eigenvalue weighted by Gasteiger charge is 2.23. The molecule has 7 heteroatoms. The van der Waals surface area contributed by atoms with E-state index in [1.54, 1.807) is 6.07 Å². The molecule has 5 nitrogen and oxygen atoms in total. The lowest BCUT2D eigenvalue weighted by Gasteiger charge is -2.34. The number of carboxylic acids is 1. The molecular weight excluding hydrogens is 276 g/mol. The Bertz CT molecular complexity index is 484. The number of carboxylic acid groups (broad SMARTS) is 1. The number of hydrogen-bond acceptors (Lipinski definition) is 5. The van der Waals surface area contributed by atoms with Crippen LogP contribution >= 0.6 is 24.2 Å². The monoisotopic (exact) mass is 288 g/mol. The second kappa shape index (κ2) is 5.34. The minimum atomic E-state index is -1.13. The number of anilines is 1. The highest BCUT2D eigenvalue weighted by atomic mass is 35.5. The van der Waals surface area contributed by atoms with Crippen LogP contribution in [0.25, 0.3) is 0 Å². The summed E-state index contributed by atoms with van der Waals surface area (Å²) < 4.78 is 5.33. The van der Waals surface area contributed by atoms with Gasteiger partial charge in [0, 0.05) is 12.6 Å². The molecule has 0 aromatic carbocycles. The van der Waals surface area contributed by atoms with Crippen LogP contribution in [0.1, 0.15) is 17.4 Å². The third-order valence-corrected chi connectivity index (χ3v) is 3.68. The molecule has 1 aliphatic heterocycles. The van der Waals surface area contributed by atoms with Gasteiger partial charge >= 0.3 is 5.97 Å². The molecule has 1 atom stereocenters. The second-order valence-corrected chi connectivity index (χ2v) is 4.94. The van der Waals surface area contributed by atoms with E-state index >= 15 is 0 Å². The molecule has 2 rings (SSSR count). The summed E-state index contributed by atoms with van der Waals surface area (Å²) >= 11 is 10.1. The molecule has 1 unspecified atom stereocenters. The Kier molecular flexibility index (Phi) is 3.99. The molecule has 1 aliphatic rings. The lowest BCUT2D eigenvalue weighted by Crippen LogP contribution is -2.44. The van der Waals surface area contributed by atoms with Crippen LogP contribution in [0.3, 0.4) is 0 Å². The van der Waals surface area contributed by atoms with Gasteiger partial charge in [0.2, 0.25) is 0 Å². The molecule has 1 aromatic heterocycles. The first kappa shape index (κ1) is 13.5. The highest BCUT2D eigenvalue weighted by Crippen LogP contribution is 2.28. The van der Waals surface area contributed by atoms with Crippen molar-refractivity contribution >= 4 is 36.0 Å². The lowest BCUT2D eigenvalue weighted by atomic mass is 10.2. The topological polar surface area (TPSA) is 62.7 Å². The van der Waals surface area contributed by atoms with Crippen LogP contribution in [0, 0.1) is 0 Å². The molecule has 18 heavy (non-hydrogen) atoms. The van der Waals surface area contributed by atoms with Gasteiger partial charge in [-0.1, -0.05) is 11.6 Å². The summed E-state index contributed by atoms with van der Waals surface area (Å²) in [5, 5.41) is 9.36. The summed E-state index contributed by atoms with van der Waals surface area (Å²) in [6.45, 7) is 3.83. The van der Waals surface area contributed by atoms with Gasteiger partial charge in [0.1, 0.15) is 5.82 Å². The van der Waals surface area contributed by atoms with Gasteiger partial charge in [-0.3, -0.25) is 0 Å². The summed E-state index contributed by atoms with van der Waals surface area (Å²) in [6.07, 6.45) is 0. The fourth-order valence-electron chi connectivity index (χ4n) is 1.86. The van der Waals surface area contributed by atoms with Gasteiger partial charge in [-0.2, -0.15) is 0 Å². The zero-order valence-corrected chi connectivity index (χ0v) is 11.4. The molecule has 1 aromatic rings. The van der Waals surface area contributed by atoms with E-state index in [4.69, 9.17) is 21.4 Å². The predicted molar refractivity (Wildman–Crippen MR) is 71.1 cm³/mol. The minimum absolute atomic E-state index is 0.125. The van der Waals surface area contributed by atoms with Crippen molar-refractivity contribution in [3.63, 3.8) is 0 Å². The first-order valence-electron chi connectivity index (χ1n) is 5.48. The van der Waals surface area contributed by atoms with Crippen molar-refractivity contribution in [3.05, 3.63) is 16.8 Å². The Morgan fingerprint density at radius 2 is 2.44 bits per heavy atom. The van der Waals surface area contributed by atoms with Crippen molar-refractivity contribution in [1.29, 1.82) is 0 Å². The first-order chi connectivity index (χ1) is 8.50. The van der Waals surface area contributed by atoms with Gasteiger partial charge in [-0.25, -0.2) is 9.78 Å². The molecule has 0 saturated carbocycles. The number of morpholine rings is 1. The summed E-state index contributed by atoms with van der Waals surface area (Å²) in [6, 6.07) is 1.77. The lowest BCUT2D eigenvalue weighted by molar-refractivity contribution is 0.0686. The number of hydrogen-bond donors (Lipinski definition) is 2. The summed E-state index contributed by atoms with van der Waals surface area (Å²) in [7, 11) is 0. The van der Waals surface area contributed by atoms with Crippen molar-refractivity contribution in [2.45, 2.75) is 17.9 Å². The van der Waals surface area contributed by atoms with E-state index in [0.717, 1.165) is 0 Å². The Labute approximate surface area is 115 Å². The van der Waals surface area contributed by atoms with Crippen LogP contribution in [0.4, 0.5) is 5.82 Å². The molecule has 0 aliphatic carbocycles. The van der Waals surface area contributed by atoms with E-state index in [1.165, 1.54) is 0 Å². The van der Waals surface area contributed by atoms with Crippen molar-refractivity contribution in [2.75, 3.05) is 24.7 Å². The smallest absolute Gasteiger partial charge is 0.355 e. The highest BCUT2D eigenvalue weighted by molar-refractivity contribution is 7.80. The second-order valence-electron chi connectivity index (χ2n) is 4.08. The number of thiol groups is 1. The first-order valence-corrected chi connectivity index (χ1v) is 6.30. The molecule has 2 heterocycles. The van der Waals surface area contributed by atoms with Crippen LogP contribution in [0.5, 0.6) is 0 Å². The summed E-state index contributed by atoms with van der Waals surface area (Å²) in [5.41, 5.74) is -0.125. The van der Waals surface area contributed by atoms with Crippen LogP contribution in [-0.2, 0) is 4.74 Å².